The molecule has 1 fully saturated rings. The number of aryl methyl sites for hydroxylation is 1. The van der Waals surface area contributed by atoms with Crippen molar-refractivity contribution in [3.05, 3.63) is 77.8 Å². The Morgan fingerprint density at radius 2 is 1.91 bits per heavy atom. The highest BCUT2D eigenvalue weighted by Gasteiger charge is 2.23. The van der Waals surface area contributed by atoms with E-state index in [9.17, 15) is 13.9 Å². The van der Waals surface area contributed by atoms with Gasteiger partial charge in [0.1, 0.15) is 17.9 Å². The minimum absolute atomic E-state index is 0.229. The van der Waals surface area contributed by atoms with Crippen molar-refractivity contribution in [1.29, 1.82) is 0 Å². The second-order valence-electron chi connectivity index (χ2n) is 8.61. The van der Waals surface area contributed by atoms with Gasteiger partial charge in [-0.3, -0.25) is 10.00 Å². The number of rotatable bonds is 6. The van der Waals surface area contributed by atoms with Crippen LogP contribution >= 0.6 is 0 Å². The van der Waals surface area contributed by atoms with E-state index in [1.807, 2.05) is 19.3 Å². The summed E-state index contributed by atoms with van der Waals surface area (Å²) >= 11 is 0. The van der Waals surface area contributed by atoms with E-state index >= 15 is 0 Å². The fourth-order valence-electron chi connectivity index (χ4n) is 4.69. The van der Waals surface area contributed by atoms with Crippen molar-refractivity contribution in [2.24, 2.45) is 7.05 Å². The van der Waals surface area contributed by atoms with Crippen LogP contribution in [0.1, 0.15) is 43.0 Å². The van der Waals surface area contributed by atoms with Crippen molar-refractivity contribution >= 4 is 10.9 Å². The first-order chi connectivity index (χ1) is 15.5. The zero-order valence-electron chi connectivity index (χ0n) is 17.9. The van der Waals surface area contributed by atoms with Crippen LogP contribution in [0.25, 0.3) is 22.0 Å². The van der Waals surface area contributed by atoms with Crippen LogP contribution in [0.4, 0.5) is 8.78 Å². The second-order valence-corrected chi connectivity index (χ2v) is 8.61. The highest BCUT2D eigenvalue weighted by molar-refractivity contribution is 5.85. The molecule has 1 atom stereocenters. The first-order valence-electron chi connectivity index (χ1n) is 11.0. The number of hydrogen-bond donors (Lipinski definition) is 2. The predicted molar refractivity (Wildman–Crippen MR) is 120 cm³/mol. The molecule has 7 heteroatoms. The molecule has 0 spiro atoms. The van der Waals surface area contributed by atoms with E-state index < -0.39 is 12.0 Å². The largest absolute Gasteiger partial charge is 0.374 e. The van der Waals surface area contributed by atoms with Gasteiger partial charge >= 0.3 is 0 Å². The average molecular weight is 437 g/mol. The SMILES string of the molecule is Cn1cc(-c2ccc(Cn3cc(C(O)NC4CCCC4)c4c(F)cccc43)c(F)c2)cn1. The van der Waals surface area contributed by atoms with E-state index in [2.05, 4.69) is 10.4 Å². The molecule has 2 N–H and O–H groups in total. The first kappa shape index (κ1) is 20.8. The van der Waals surface area contributed by atoms with Crippen molar-refractivity contribution in [3.63, 3.8) is 0 Å². The van der Waals surface area contributed by atoms with E-state index in [1.54, 1.807) is 39.8 Å². The molecule has 0 saturated heterocycles. The molecule has 2 heterocycles. The molecule has 1 unspecified atom stereocenters. The van der Waals surface area contributed by atoms with Crippen molar-refractivity contribution in [2.75, 3.05) is 0 Å². The lowest BCUT2D eigenvalue weighted by Crippen LogP contribution is -2.30. The highest BCUT2D eigenvalue weighted by atomic mass is 19.1. The van der Waals surface area contributed by atoms with E-state index in [0.717, 1.165) is 36.8 Å². The summed E-state index contributed by atoms with van der Waals surface area (Å²) in [7, 11) is 1.82. The smallest absolute Gasteiger partial charge is 0.133 e. The number of hydrogen-bond acceptors (Lipinski definition) is 3. The lowest BCUT2D eigenvalue weighted by molar-refractivity contribution is 0.125. The summed E-state index contributed by atoms with van der Waals surface area (Å²) in [4.78, 5) is 0. The lowest BCUT2D eigenvalue weighted by Gasteiger charge is -2.17. The summed E-state index contributed by atoms with van der Waals surface area (Å²) in [6.45, 7) is 0.231. The molecule has 166 valence electrons. The molecule has 0 amide bonds. The molecule has 1 aliphatic carbocycles. The Labute approximate surface area is 185 Å². The molecule has 32 heavy (non-hydrogen) atoms. The van der Waals surface area contributed by atoms with E-state index in [4.69, 9.17) is 0 Å². The van der Waals surface area contributed by atoms with E-state index in [-0.39, 0.29) is 18.4 Å². The third-order valence-electron chi connectivity index (χ3n) is 6.36. The number of fused-ring (bicyclic) bond motifs is 1. The number of aliphatic hydroxyl groups excluding tert-OH is 1. The standard InChI is InChI=1S/C25H26F2N4O/c1-30-13-18(12-28-30)16-9-10-17(22(27)11-16)14-31-15-20(24-21(26)7-4-8-23(24)31)25(32)29-19-5-2-3-6-19/h4,7-13,15,19,25,29,32H,2-3,5-6,14H2,1H3. The van der Waals surface area contributed by atoms with E-state index in [0.29, 0.717) is 22.0 Å². The van der Waals surface area contributed by atoms with Crippen molar-refractivity contribution in [3.8, 4) is 11.1 Å². The second kappa shape index (κ2) is 8.48. The van der Waals surface area contributed by atoms with Gasteiger partial charge in [0.25, 0.3) is 0 Å². The summed E-state index contributed by atoms with van der Waals surface area (Å²) in [6, 6.07) is 10.2. The van der Waals surface area contributed by atoms with Crippen LogP contribution in [0.5, 0.6) is 0 Å². The Balaban J connectivity index is 1.47. The van der Waals surface area contributed by atoms with Gasteiger partial charge in [0.15, 0.2) is 0 Å². The topological polar surface area (TPSA) is 55.0 Å². The van der Waals surface area contributed by atoms with Crippen molar-refractivity contribution in [1.82, 2.24) is 19.7 Å². The Bertz CT molecular complexity index is 1260. The minimum Gasteiger partial charge on any atom is -0.374 e. The van der Waals surface area contributed by atoms with Crippen molar-refractivity contribution < 1.29 is 13.9 Å². The molecule has 5 nitrogen and oxygen atoms in total. The normalized spacial score (nSPS) is 15.6. The van der Waals surface area contributed by atoms with Crippen LogP contribution in [0.15, 0.2) is 55.0 Å². The molecule has 5 rings (SSSR count). The van der Waals surface area contributed by atoms with Crippen LogP contribution in [0, 0.1) is 11.6 Å². The zero-order chi connectivity index (χ0) is 22.2. The number of nitrogens with one attached hydrogen (secondary N) is 1. The molecule has 4 aromatic rings. The maximum Gasteiger partial charge on any atom is 0.133 e. The third-order valence-corrected chi connectivity index (χ3v) is 6.36. The summed E-state index contributed by atoms with van der Waals surface area (Å²) in [5.74, 6) is -0.730. The molecule has 0 bridgehead atoms. The minimum atomic E-state index is -0.975. The summed E-state index contributed by atoms with van der Waals surface area (Å²) in [6.07, 6.45) is 8.57. The predicted octanol–water partition coefficient (Wildman–Crippen LogP) is 4.89. The number of aliphatic hydroxyl groups is 1. The van der Waals surface area contributed by atoms with Gasteiger partial charge in [0, 0.05) is 47.6 Å². The Morgan fingerprint density at radius 3 is 2.62 bits per heavy atom. The van der Waals surface area contributed by atoms with Crippen LogP contribution in [0.2, 0.25) is 0 Å². The fraction of sp³-hybridized carbons (Fsp3) is 0.320. The van der Waals surface area contributed by atoms with Gasteiger partial charge in [-0.05, 0) is 36.6 Å². The average Bonchev–Trinajstić information content (AvgIpc) is 3.51. The van der Waals surface area contributed by atoms with Crippen LogP contribution in [0.3, 0.4) is 0 Å². The summed E-state index contributed by atoms with van der Waals surface area (Å²) < 4.78 is 33.2. The fourth-order valence-corrected chi connectivity index (χ4v) is 4.69. The number of benzene rings is 2. The van der Waals surface area contributed by atoms with Gasteiger partial charge in [-0.1, -0.05) is 31.0 Å². The van der Waals surface area contributed by atoms with Crippen LogP contribution in [-0.4, -0.2) is 25.5 Å². The highest BCUT2D eigenvalue weighted by Crippen LogP contribution is 2.31. The van der Waals surface area contributed by atoms with Gasteiger partial charge in [0.05, 0.1) is 18.3 Å². The summed E-state index contributed by atoms with van der Waals surface area (Å²) in [5.41, 5.74) is 3.19. The molecular formula is C25H26F2N4O. The van der Waals surface area contributed by atoms with Gasteiger partial charge in [-0.25, -0.2) is 8.78 Å². The number of nitrogens with zero attached hydrogens (tertiary/aromatic N) is 3. The number of halogens is 2. The third kappa shape index (κ3) is 3.94. The number of aromatic nitrogens is 3. The van der Waals surface area contributed by atoms with Gasteiger partial charge in [-0.2, -0.15) is 5.10 Å². The first-order valence-corrected chi connectivity index (χ1v) is 11.0. The maximum atomic E-state index is 15.0. The van der Waals surface area contributed by atoms with Gasteiger partial charge in [-0.15, -0.1) is 0 Å². The Morgan fingerprint density at radius 1 is 1.09 bits per heavy atom. The quantitative estimate of drug-likeness (QED) is 0.423. The Hall–Kier alpha value is -3.03. The van der Waals surface area contributed by atoms with E-state index in [1.165, 1.54) is 12.1 Å². The molecule has 2 aromatic heterocycles. The maximum absolute atomic E-state index is 15.0. The molecule has 0 aliphatic heterocycles. The monoisotopic (exact) mass is 436 g/mol. The molecule has 0 radical (unpaired) electrons. The molecule has 2 aromatic carbocycles. The molecule has 1 aliphatic rings. The van der Waals surface area contributed by atoms with Gasteiger partial charge < -0.3 is 9.67 Å². The molecule has 1 saturated carbocycles. The zero-order valence-corrected chi connectivity index (χ0v) is 17.9. The van der Waals surface area contributed by atoms with Crippen LogP contribution < -0.4 is 5.32 Å². The summed E-state index contributed by atoms with van der Waals surface area (Å²) in [5, 5.41) is 18.6. The lowest BCUT2D eigenvalue weighted by atomic mass is 10.1. The Kier molecular flexibility index (Phi) is 5.53. The molecular weight excluding hydrogens is 410 g/mol. The van der Waals surface area contributed by atoms with Crippen LogP contribution in [-0.2, 0) is 13.6 Å². The van der Waals surface area contributed by atoms with Crippen molar-refractivity contribution in [2.45, 2.75) is 44.5 Å². The van der Waals surface area contributed by atoms with Gasteiger partial charge in [0.2, 0.25) is 0 Å².